The predicted molar refractivity (Wildman–Crippen MR) is 242 cm³/mol. The van der Waals surface area contributed by atoms with Gasteiger partial charge in [0.1, 0.15) is 34.1 Å². The Kier molecular flexibility index (Phi) is 13.5. The lowest BCUT2D eigenvalue weighted by Crippen LogP contribution is -2.59. The van der Waals surface area contributed by atoms with Gasteiger partial charge in [-0.2, -0.15) is 0 Å². The number of urea groups is 1. The molecule has 60 heavy (non-hydrogen) atoms. The zero-order valence-electron chi connectivity index (χ0n) is 35.8. The van der Waals surface area contributed by atoms with Crippen LogP contribution in [0.2, 0.25) is 0 Å². The smallest absolute Gasteiger partial charge is 0.323 e. The maximum Gasteiger partial charge on any atom is 0.323 e. The summed E-state index contributed by atoms with van der Waals surface area (Å²) in [7, 11) is 3.82. The van der Waals surface area contributed by atoms with E-state index in [2.05, 4.69) is 82.4 Å². The normalized spacial score (nSPS) is 14.8. The van der Waals surface area contributed by atoms with Crippen molar-refractivity contribution >= 4 is 62.3 Å². The molecule has 1 fully saturated rings. The predicted octanol–water partition coefficient (Wildman–Crippen LogP) is 8.19. The van der Waals surface area contributed by atoms with Crippen molar-refractivity contribution in [3.05, 3.63) is 96.2 Å². The van der Waals surface area contributed by atoms with Crippen molar-refractivity contribution in [1.82, 2.24) is 20.1 Å². The monoisotopic (exact) mass is 836 g/mol. The molecule has 2 heterocycles. The average Bonchev–Trinajstić information content (AvgIpc) is 3.18. The van der Waals surface area contributed by atoms with Crippen molar-refractivity contribution in [3.63, 3.8) is 0 Å². The lowest BCUT2D eigenvalue weighted by atomic mass is 9.86. The summed E-state index contributed by atoms with van der Waals surface area (Å²) < 4.78 is 32.7. The van der Waals surface area contributed by atoms with Crippen LogP contribution in [0.4, 0.5) is 33.4 Å². The number of hydrogen-bond acceptors (Lipinski definition) is 10. The van der Waals surface area contributed by atoms with Gasteiger partial charge in [0, 0.05) is 79.3 Å². The summed E-state index contributed by atoms with van der Waals surface area (Å²) in [5.74, 6) is 2.24. The number of carbonyl (C=O) groups is 2. The fourth-order valence-electron chi connectivity index (χ4n) is 7.37. The van der Waals surface area contributed by atoms with E-state index < -0.39 is 17.0 Å². The molecule has 0 aliphatic carbocycles. The molecule has 1 aliphatic rings. The Labute approximate surface area is 355 Å². The Bertz CT molecular complexity index is 2380. The van der Waals surface area contributed by atoms with Gasteiger partial charge < -0.3 is 45.1 Å². The van der Waals surface area contributed by atoms with Gasteiger partial charge >= 0.3 is 6.03 Å². The van der Waals surface area contributed by atoms with E-state index in [1.54, 1.807) is 49.7 Å². The van der Waals surface area contributed by atoms with Crippen LogP contribution in [0.1, 0.15) is 50.5 Å². The number of nitrogens with zero attached hydrogens (tertiary/aromatic N) is 3. The zero-order valence-corrected chi connectivity index (χ0v) is 36.6. The van der Waals surface area contributed by atoms with E-state index >= 15 is 0 Å². The number of likely N-dealkylation sites (N-methyl/N-ethyl adjacent to an activating group) is 1. The third-order valence-electron chi connectivity index (χ3n) is 10.4. The Hall–Kier alpha value is -5.90. The number of pyridine rings is 1. The number of ether oxygens (including phenoxy) is 3. The molecule has 1 saturated heterocycles. The summed E-state index contributed by atoms with van der Waals surface area (Å²) in [6, 6.07) is 23.3. The Balaban J connectivity index is 1.13. The van der Waals surface area contributed by atoms with Gasteiger partial charge in [-0.05, 0) is 74.3 Å². The summed E-state index contributed by atoms with van der Waals surface area (Å²) >= 11 is 0. The summed E-state index contributed by atoms with van der Waals surface area (Å²) in [6.07, 6.45) is 3.17. The van der Waals surface area contributed by atoms with E-state index in [1.807, 2.05) is 42.5 Å². The van der Waals surface area contributed by atoms with Crippen LogP contribution >= 0.6 is 0 Å². The van der Waals surface area contributed by atoms with E-state index in [1.165, 1.54) is 13.4 Å². The van der Waals surface area contributed by atoms with Gasteiger partial charge in [0.05, 0.1) is 36.8 Å². The second-order valence-electron chi connectivity index (χ2n) is 16.5. The molecule has 318 valence electrons. The highest BCUT2D eigenvalue weighted by molar-refractivity contribution is 7.85. The van der Waals surface area contributed by atoms with Crippen LogP contribution in [-0.4, -0.2) is 96.7 Å². The molecule has 5 aromatic rings. The molecule has 1 atom stereocenters. The number of carbonyl (C=O) groups excluding carboxylic acids is 2. The molecule has 1 aromatic heterocycles. The third kappa shape index (κ3) is 10.6. The zero-order chi connectivity index (χ0) is 43.2. The van der Waals surface area contributed by atoms with Crippen LogP contribution in [0.3, 0.4) is 0 Å². The minimum Gasteiger partial charge on any atom is -0.496 e. The summed E-state index contributed by atoms with van der Waals surface area (Å²) in [6.45, 7) is 14.9. The average molecular weight is 837 g/mol. The molecule has 1 unspecified atom stereocenters. The molecule has 3 amide bonds. The van der Waals surface area contributed by atoms with Gasteiger partial charge in [-0.1, -0.05) is 45.0 Å². The van der Waals surface area contributed by atoms with Gasteiger partial charge in [-0.3, -0.25) is 9.69 Å². The van der Waals surface area contributed by atoms with E-state index in [0.717, 1.165) is 42.5 Å². The number of nitrogens with one attached hydrogen (secondary N) is 5. The molecular formula is C45H56N8O6S. The molecule has 15 heteroatoms. The molecule has 6 rings (SSSR count). The second-order valence-corrected chi connectivity index (χ2v) is 17.6. The van der Waals surface area contributed by atoms with E-state index in [4.69, 9.17) is 14.2 Å². The second kappa shape index (κ2) is 18.6. The Morgan fingerprint density at radius 2 is 1.60 bits per heavy atom. The number of aromatic nitrogens is 1. The number of anilines is 5. The van der Waals surface area contributed by atoms with Crippen LogP contribution in [-0.2, 0) is 16.4 Å². The van der Waals surface area contributed by atoms with Gasteiger partial charge in [0.25, 0.3) is 5.91 Å². The topological polar surface area (TPSA) is 158 Å². The standard InChI is InChI=1S/C45H56N8O6S/c1-44(2,3)29-24-36(41(58-8)37(25-29)51-60(9)56)50-43(55)49-35-16-17-38(33-13-11-10-12-32(33)35)59-31-18-19-46-40(27-31)48-30-14-15-34(39(26-30)57-7)42(54)47-20-21-53-23-22-52(6)28-45(53,4)5/h10-19,24-27,51H,20-23,28H2,1-9H3,(H,46,48)(H,47,54)(H2,49,50,55). The third-order valence-corrected chi connectivity index (χ3v) is 10.9. The van der Waals surface area contributed by atoms with Crippen LogP contribution in [0.5, 0.6) is 23.0 Å². The highest BCUT2D eigenvalue weighted by atomic mass is 32.2. The SMILES string of the molecule is COc1cc(Nc2cc(Oc3ccc(NC(=O)Nc4cc(C(C)(C)C)cc(NS(C)=O)c4OC)c4ccccc34)ccn2)ccc1C(=O)NCCN1CCN(C)CC1(C)C. The van der Waals surface area contributed by atoms with Crippen molar-refractivity contribution in [2.24, 2.45) is 0 Å². The molecule has 4 aromatic carbocycles. The number of hydrogen-bond donors (Lipinski definition) is 5. The quantitative estimate of drug-likeness (QED) is 0.0739. The van der Waals surface area contributed by atoms with Gasteiger partial charge in [-0.25, -0.2) is 14.0 Å². The summed E-state index contributed by atoms with van der Waals surface area (Å²) in [5.41, 5.74) is 3.33. The first kappa shape index (κ1) is 43.7. The minimum atomic E-state index is -1.36. The number of piperazine rings is 1. The number of rotatable bonds is 14. The lowest BCUT2D eigenvalue weighted by molar-refractivity contribution is 0.0325. The molecule has 5 N–H and O–H groups in total. The van der Waals surface area contributed by atoms with Crippen molar-refractivity contribution in [2.75, 3.05) is 80.9 Å². The molecule has 1 aliphatic heterocycles. The number of fused-ring (bicyclic) bond motifs is 1. The molecule has 0 saturated carbocycles. The van der Waals surface area contributed by atoms with Crippen molar-refractivity contribution in [1.29, 1.82) is 0 Å². The summed E-state index contributed by atoms with van der Waals surface area (Å²) in [4.78, 5) is 36.0. The number of benzene rings is 4. The highest BCUT2D eigenvalue weighted by Gasteiger charge is 2.32. The van der Waals surface area contributed by atoms with Gasteiger partial charge in [0.2, 0.25) is 0 Å². The maximum absolute atomic E-state index is 13.5. The fourth-order valence-corrected chi connectivity index (χ4v) is 7.83. The van der Waals surface area contributed by atoms with Gasteiger partial charge in [-0.15, -0.1) is 0 Å². The molecular weight excluding hydrogens is 781 g/mol. The first-order chi connectivity index (χ1) is 28.5. The van der Waals surface area contributed by atoms with E-state index in [-0.39, 0.29) is 16.9 Å². The molecule has 0 radical (unpaired) electrons. The van der Waals surface area contributed by atoms with Crippen molar-refractivity contribution < 1.29 is 28.0 Å². The van der Waals surface area contributed by atoms with Crippen molar-refractivity contribution in [3.8, 4) is 23.0 Å². The first-order valence-corrected chi connectivity index (χ1v) is 21.3. The van der Waals surface area contributed by atoms with E-state index in [9.17, 15) is 13.8 Å². The molecule has 0 bridgehead atoms. The Morgan fingerprint density at radius 1 is 0.867 bits per heavy atom. The first-order valence-electron chi connectivity index (χ1n) is 19.8. The molecule has 0 spiro atoms. The van der Waals surface area contributed by atoms with Crippen molar-refractivity contribution in [2.45, 2.75) is 45.6 Å². The maximum atomic E-state index is 13.5. The Morgan fingerprint density at radius 3 is 2.30 bits per heavy atom. The van der Waals surface area contributed by atoms with Crippen LogP contribution < -0.4 is 40.2 Å². The summed E-state index contributed by atoms with van der Waals surface area (Å²) in [5, 5.41) is 13.8. The highest BCUT2D eigenvalue weighted by Crippen LogP contribution is 2.40. The number of amides is 3. The van der Waals surface area contributed by atoms with Crippen LogP contribution in [0.25, 0.3) is 10.8 Å². The minimum absolute atomic E-state index is 0.0366. The van der Waals surface area contributed by atoms with Crippen LogP contribution in [0, 0.1) is 0 Å². The molecule has 14 nitrogen and oxygen atoms in total. The van der Waals surface area contributed by atoms with E-state index in [0.29, 0.717) is 63.7 Å². The van der Waals surface area contributed by atoms with Gasteiger partial charge in [0.15, 0.2) is 5.75 Å². The number of methoxy groups -OCH3 is 2. The largest absolute Gasteiger partial charge is 0.496 e. The lowest BCUT2D eigenvalue weighted by Gasteiger charge is -2.46. The fraction of sp³-hybridized carbons (Fsp3) is 0.356. The van der Waals surface area contributed by atoms with Crippen LogP contribution in [0.15, 0.2) is 85.1 Å².